The molecule has 0 fully saturated rings. The van der Waals surface area contributed by atoms with E-state index in [0.29, 0.717) is 31.3 Å². The van der Waals surface area contributed by atoms with Crippen LogP contribution < -0.4 is 10.1 Å². The van der Waals surface area contributed by atoms with Gasteiger partial charge >= 0.3 is 0 Å². The van der Waals surface area contributed by atoms with Gasteiger partial charge in [0.1, 0.15) is 5.75 Å². The molecule has 1 aliphatic rings. The van der Waals surface area contributed by atoms with E-state index in [-0.39, 0.29) is 24.3 Å². The standard InChI is InChI=1S/C31H33N3O3/c1-22(2)18-33-16-15-27-28(33)13-8-14-29(27)37-21-30(35)32-17-25(23-9-4-3-5-10-23)20-34-19-24-11-6-7-12-26(24)31(34)36/h3-16,22,25H,17-21H2,1-2H3,(H,32,35). The average molecular weight is 496 g/mol. The summed E-state index contributed by atoms with van der Waals surface area (Å²) in [5, 5.41) is 4.04. The van der Waals surface area contributed by atoms with Crippen LogP contribution in [0.3, 0.4) is 0 Å². The van der Waals surface area contributed by atoms with Gasteiger partial charge in [-0.2, -0.15) is 0 Å². The largest absolute Gasteiger partial charge is 0.483 e. The Morgan fingerprint density at radius 1 is 0.946 bits per heavy atom. The van der Waals surface area contributed by atoms with Crippen LogP contribution in [-0.2, 0) is 17.9 Å². The molecule has 2 amide bonds. The molecule has 37 heavy (non-hydrogen) atoms. The van der Waals surface area contributed by atoms with Crippen molar-refractivity contribution in [1.82, 2.24) is 14.8 Å². The Morgan fingerprint density at radius 2 is 1.73 bits per heavy atom. The molecule has 1 unspecified atom stereocenters. The Labute approximate surface area is 217 Å². The second kappa shape index (κ2) is 10.9. The molecule has 0 saturated heterocycles. The summed E-state index contributed by atoms with van der Waals surface area (Å²) in [4.78, 5) is 27.6. The van der Waals surface area contributed by atoms with Crippen LogP contribution in [0.4, 0.5) is 0 Å². The zero-order chi connectivity index (χ0) is 25.8. The minimum Gasteiger partial charge on any atom is -0.483 e. The second-order valence-corrected chi connectivity index (χ2v) is 10.1. The highest BCUT2D eigenvalue weighted by Crippen LogP contribution is 2.28. The zero-order valence-electron chi connectivity index (χ0n) is 21.4. The van der Waals surface area contributed by atoms with Gasteiger partial charge in [-0.1, -0.05) is 68.4 Å². The molecule has 5 rings (SSSR count). The normalized spacial score (nSPS) is 13.7. The third kappa shape index (κ3) is 5.53. The van der Waals surface area contributed by atoms with Crippen molar-refractivity contribution in [3.63, 3.8) is 0 Å². The van der Waals surface area contributed by atoms with Crippen molar-refractivity contribution < 1.29 is 14.3 Å². The van der Waals surface area contributed by atoms with Crippen LogP contribution in [0.15, 0.2) is 85.1 Å². The SMILES string of the molecule is CC(C)Cn1ccc2c(OCC(=O)NCC(CN3Cc4ccccc4C3=O)c3ccccc3)cccc21. The molecule has 1 atom stereocenters. The van der Waals surface area contributed by atoms with E-state index in [0.717, 1.165) is 34.1 Å². The van der Waals surface area contributed by atoms with Crippen LogP contribution >= 0.6 is 0 Å². The maximum Gasteiger partial charge on any atom is 0.257 e. The molecule has 4 aromatic rings. The lowest BCUT2D eigenvalue weighted by atomic mass is 9.98. The van der Waals surface area contributed by atoms with Gasteiger partial charge in [0.15, 0.2) is 6.61 Å². The lowest BCUT2D eigenvalue weighted by Crippen LogP contribution is -2.37. The van der Waals surface area contributed by atoms with Gasteiger partial charge in [-0.15, -0.1) is 0 Å². The first-order chi connectivity index (χ1) is 18.0. The Bertz CT molecular complexity index is 1390. The van der Waals surface area contributed by atoms with Gasteiger partial charge in [-0.25, -0.2) is 0 Å². The van der Waals surface area contributed by atoms with Crippen molar-refractivity contribution in [2.45, 2.75) is 32.9 Å². The van der Waals surface area contributed by atoms with Crippen molar-refractivity contribution >= 4 is 22.7 Å². The summed E-state index contributed by atoms with van der Waals surface area (Å²) < 4.78 is 8.16. The summed E-state index contributed by atoms with van der Waals surface area (Å²) in [6.07, 6.45) is 2.07. The predicted octanol–water partition coefficient (Wildman–Crippen LogP) is 5.23. The van der Waals surface area contributed by atoms with Gasteiger partial charge in [0.25, 0.3) is 11.8 Å². The summed E-state index contributed by atoms with van der Waals surface area (Å²) in [5.41, 5.74) is 4.01. The maximum atomic E-state index is 12.9. The second-order valence-electron chi connectivity index (χ2n) is 10.1. The van der Waals surface area contributed by atoms with E-state index in [9.17, 15) is 9.59 Å². The van der Waals surface area contributed by atoms with E-state index in [1.807, 2.05) is 77.7 Å². The third-order valence-corrected chi connectivity index (χ3v) is 6.85. The summed E-state index contributed by atoms with van der Waals surface area (Å²) >= 11 is 0. The highest BCUT2D eigenvalue weighted by molar-refractivity contribution is 5.98. The quantitative estimate of drug-likeness (QED) is 0.328. The topological polar surface area (TPSA) is 63.6 Å². The van der Waals surface area contributed by atoms with Crippen molar-refractivity contribution in [3.8, 4) is 5.75 Å². The molecule has 3 aromatic carbocycles. The number of rotatable bonds is 10. The smallest absolute Gasteiger partial charge is 0.257 e. The number of hydrogen-bond acceptors (Lipinski definition) is 3. The molecule has 0 aliphatic carbocycles. The van der Waals surface area contributed by atoms with E-state index in [1.165, 1.54) is 0 Å². The molecule has 0 saturated carbocycles. The van der Waals surface area contributed by atoms with Crippen LogP contribution in [0.2, 0.25) is 0 Å². The van der Waals surface area contributed by atoms with Crippen LogP contribution in [0.25, 0.3) is 10.9 Å². The van der Waals surface area contributed by atoms with Crippen LogP contribution in [-0.4, -0.2) is 41.0 Å². The van der Waals surface area contributed by atoms with E-state index < -0.39 is 0 Å². The van der Waals surface area contributed by atoms with Gasteiger partial charge in [0.2, 0.25) is 0 Å². The molecule has 0 spiro atoms. The number of carbonyl (C=O) groups excluding carboxylic acids is 2. The molecule has 190 valence electrons. The predicted molar refractivity (Wildman–Crippen MR) is 146 cm³/mol. The van der Waals surface area contributed by atoms with E-state index in [4.69, 9.17) is 4.74 Å². The molecule has 1 aromatic heterocycles. The monoisotopic (exact) mass is 495 g/mol. The van der Waals surface area contributed by atoms with Crippen LogP contribution in [0, 0.1) is 5.92 Å². The van der Waals surface area contributed by atoms with Gasteiger partial charge < -0.3 is 19.5 Å². The maximum absolute atomic E-state index is 12.9. The fourth-order valence-corrected chi connectivity index (χ4v) is 5.05. The molecule has 6 nitrogen and oxygen atoms in total. The van der Waals surface area contributed by atoms with E-state index in [2.05, 4.69) is 36.0 Å². The number of benzene rings is 3. The summed E-state index contributed by atoms with van der Waals surface area (Å²) in [7, 11) is 0. The van der Waals surface area contributed by atoms with Crippen molar-refractivity contribution in [1.29, 1.82) is 0 Å². The highest BCUT2D eigenvalue weighted by Gasteiger charge is 2.29. The molecule has 6 heteroatoms. The van der Waals surface area contributed by atoms with Crippen molar-refractivity contribution in [2.24, 2.45) is 5.92 Å². The van der Waals surface area contributed by atoms with E-state index >= 15 is 0 Å². The number of amides is 2. The number of nitrogens with zero attached hydrogens (tertiary/aromatic N) is 2. The molecule has 1 aliphatic heterocycles. The first-order valence-electron chi connectivity index (χ1n) is 12.9. The van der Waals surface area contributed by atoms with E-state index in [1.54, 1.807) is 0 Å². The number of fused-ring (bicyclic) bond motifs is 2. The van der Waals surface area contributed by atoms with Gasteiger partial charge in [0, 0.05) is 49.2 Å². The lowest BCUT2D eigenvalue weighted by Gasteiger charge is -2.24. The Balaban J connectivity index is 1.22. The van der Waals surface area contributed by atoms with Gasteiger partial charge in [-0.3, -0.25) is 9.59 Å². The fraction of sp³-hybridized carbons (Fsp3) is 0.290. The van der Waals surface area contributed by atoms with Crippen molar-refractivity contribution in [3.05, 3.63) is 102 Å². The Morgan fingerprint density at radius 3 is 2.51 bits per heavy atom. The minimum atomic E-state index is -0.185. The Hall–Kier alpha value is -4.06. The summed E-state index contributed by atoms with van der Waals surface area (Å²) in [6.45, 7) is 6.79. The highest BCUT2D eigenvalue weighted by atomic mass is 16.5. The van der Waals surface area contributed by atoms with Gasteiger partial charge in [-0.05, 0) is 41.3 Å². The number of nitrogens with one attached hydrogen (secondary N) is 1. The first kappa shape index (κ1) is 24.6. The molecular formula is C31H33N3O3. The molecule has 2 heterocycles. The van der Waals surface area contributed by atoms with Crippen LogP contribution in [0.1, 0.15) is 41.3 Å². The fourth-order valence-electron chi connectivity index (χ4n) is 5.05. The number of carbonyl (C=O) groups is 2. The number of ether oxygens (including phenoxy) is 1. The molecule has 1 N–H and O–H groups in total. The summed E-state index contributed by atoms with van der Waals surface area (Å²) in [6, 6.07) is 25.8. The molecular weight excluding hydrogens is 462 g/mol. The lowest BCUT2D eigenvalue weighted by molar-refractivity contribution is -0.123. The molecule has 0 radical (unpaired) electrons. The summed E-state index contributed by atoms with van der Waals surface area (Å²) in [5.74, 6) is 1.07. The van der Waals surface area contributed by atoms with Crippen molar-refractivity contribution in [2.75, 3.05) is 19.7 Å². The Kier molecular flexibility index (Phi) is 7.26. The number of aromatic nitrogens is 1. The minimum absolute atomic E-state index is 0.0306. The average Bonchev–Trinajstić information content (AvgIpc) is 3.46. The zero-order valence-corrected chi connectivity index (χ0v) is 21.4. The van der Waals surface area contributed by atoms with Crippen LogP contribution in [0.5, 0.6) is 5.75 Å². The first-order valence-corrected chi connectivity index (χ1v) is 12.9. The third-order valence-electron chi connectivity index (χ3n) is 6.85. The number of hydrogen-bond donors (Lipinski definition) is 1. The molecule has 0 bridgehead atoms. The van der Waals surface area contributed by atoms with Gasteiger partial charge in [0.05, 0.1) is 5.52 Å².